The fourth-order valence-corrected chi connectivity index (χ4v) is 2.59. The smallest absolute Gasteiger partial charge is 0.139 e. The van der Waals surface area contributed by atoms with E-state index in [9.17, 15) is 0 Å². The molecular formula is C18H14N4. The van der Waals surface area contributed by atoms with Crippen LogP contribution in [0.25, 0.3) is 33.7 Å². The van der Waals surface area contributed by atoms with E-state index in [-0.39, 0.29) is 0 Å². The van der Waals surface area contributed by atoms with Gasteiger partial charge in [0.15, 0.2) is 0 Å². The van der Waals surface area contributed by atoms with Gasteiger partial charge in [-0.15, -0.1) is 0 Å². The van der Waals surface area contributed by atoms with Crippen LogP contribution >= 0.6 is 0 Å². The summed E-state index contributed by atoms with van der Waals surface area (Å²) in [5, 5.41) is 0. The van der Waals surface area contributed by atoms with Crippen molar-refractivity contribution in [3.8, 4) is 22.6 Å². The van der Waals surface area contributed by atoms with Crippen LogP contribution < -0.4 is 5.73 Å². The van der Waals surface area contributed by atoms with E-state index in [4.69, 9.17) is 5.73 Å². The van der Waals surface area contributed by atoms with Gasteiger partial charge in [0.1, 0.15) is 5.82 Å². The number of nitrogens with zero attached hydrogens (tertiary/aromatic N) is 2. The molecule has 0 aliphatic heterocycles. The van der Waals surface area contributed by atoms with Crippen LogP contribution in [-0.4, -0.2) is 15.0 Å². The summed E-state index contributed by atoms with van der Waals surface area (Å²) < 4.78 is 0. The van der Waals surface area contributed by atoms with Gasteiger partial charge in [-0.05, 0) is 30.3 Å². The Balaban J connectivity index is 1.92. The molecule has 0 spiro atoms. The van der Waals surface area contributed by atoms with Crippen molar-refractivity contribution >= 4 is 16.7 Å². The Labute approximate surface area is 127 Å². The van der Waals surface area contributed by atoms with Gasteiger partial charge in [-0.3, -0.25) is 4.98 Å². The number of aromatic amines is 1. The van der Waals surface area contributed by atoms with Crippen LogP contribution in [-0.2, 0) is 0 Å². The number of imidazole rings is 1. The fourth-order valence-electron chi connectivity index (χ4n) is 2.59. The summed E-state index contributed by atoms with van der Waals surface area (Å²) in [6.07, 6.45) is 1.80. The number of rotatable bonds is 2. The highest BCUT2D eigenvalue weighted by molar-refractivity contribution is 5.86. The maximum atomic E-state index is 5.84. The zero-order chi connectivity index (χ0) is 14.9. The van der Waals surface area contributed by atoms with Gasteiger partial charge in [0.2, 0.25) is 0 Å². The number of benzene rings is 2. The molecule has 0 bridgehead atoms. The first kappa shape index (κ1) is 12.6. The summed E-state index contributed by atoms with van der Waals surface area (Å²) in [4.78, 5) is 12.5. The maximum Gasteiger partial charge on any atom is 0.139 e. The molecule has 0 radical (unpaired) electrons. The van der Waals surface area contributed by atoms with E-state index in [1.165, 1.54) is 0 Å². The van der Waals surface area contributed by atoms with Crippen molar-refractivity contribution in [1.82, 2.24) is 15.0 Å². The Morgan fingerprint density at radius 2 is 1.68 bits per heavy atom. The zero-order valence-electron chi connectivity index (χ0n) is 11.8. The minimum atomic E-state index is 0.723. The van der Waals surface area contributed by atoms with Crippen molar-refractivity contribution in [3.05, 3.63) is 66.9 Å². The highest BCUT2D eigenvalue weighted by atomic mass is 14.9. The summed E-state index contributed by atoms with van der Waals surface area (Å²) >= 11 is 0. The molecule has 0 atom stereocenters. The summed E-state index contributed by atoms with van der Waals surface area (Å²) in [5.41, 5.74) is 11.4. The molecular weight excluding hydrogens is 272 g/mol. The molecule has 4 aromatic rings. The third-order valence-electron chi connectivity index (χ3n) is 3.63. The van der Waals surface area contributed by atoms with Crippen molar-refractivity contribution in [2.45, 2.75) is 0 Å². The van der Waals surface area contributed by atoms with Crippen molar-refractivity contribution in [3.63, 3.8) is 0 Å². The first-order chi connectivity index (χ1) is 10.8. The van der Waals surface area contributed by atoms with Crippen LogP contribution in [0.1, 0.15) is 0 Å². The molecule has 0 amide bonds. The normalized spacial score (nSPS) is 10.9. The highest BCUT2D eigenvalue weighted by Gasteiger charge is 2.11. The average Bonchev–Trinajstić information content (AvgIpc) is 2.98. The first-order valence-electron chi connectivity index (χ1n) is 7.07. The Morgan fingerprint density at radius 1 is 0.864 bits per heavy atom. The molecule has 22 heavy (non-hydrogen) atoms. The number of pyridine rings is 1. The van der Waals surface area contributed by atoms with Gasteiger partial charge in [-0.2, -0.15) is 0 Å². The van der Waals surface area contributed by atoms with Crippen molar-refractivity contribution in [2.75, 3.05) is 5.73 Å². The molecule has 0 aliphatic carbocycles. The second-order valence-electron chi connectivity index (χ2n) is 5.12. The SMILES string of the molecule is Nc1ccc2nc(-c3ccccc3-c3ccccn3)[nH]c2c1. The monoisotopic (exact) mass is 286 g/mol. The number of H-pyrrole nitrogens is 1. The number of nitrogen functional groups attached to an aromatic ring is 1. The molecule has 4 rings (SSSR count). The van der Waals surface area contributed by atoms with E-state index in [0.717, 1.165) is 39.4 Å². The minimum Gasteiger partial charge on any atom is -0.399 e. The zero-order valence-corrected chi connectivity index (χ0v) is 11.8. The Morgan fingerprint density at radius 3 is 2.50 bits per heavy atom. The predicted molar refractivity (Wildman–Crippen MR) is 89.2 cm³/mol. The van der Waals surface area contributed by atoms with Crippen molar-refractivity contribution in [2.24, 2.45) is 0 Å². The van der Waals surface area contributed by atoms with E-state index in [1.807, 2.05) is 54.6 Å². The van der Waals surface area contributed by atoms with E-state index in [1.54, 1.807) is 6.20 Å². The molecule has 3 N–H and O–H groups in total. The number of fused-ring (bicyclic) bond motifs is 1. The van der Waals surface area contributed by atoms with Crippen LogP contribution in [0.5, 0.6) is 0 Å². The largest absolute Gasteiger partial charge is 0.399 e. The van der Waals surface area contributed by atoms with Gasteiger partial charge in [-0.1, -0.05) is 30.3 Å². The van der Waals surface area contributed by atoms with E-state index < -0.39 is 0 Å². The summed E-state index contributed by atoms with van der Waals surface area (Å²) in [6.45, 7) is 0. The summed E-state index contributed by atoms with van der Waals surface area (Å²) in [5.74, 6) is 0.821. The second-order valence-corrected chi connectivity index (χ2v) is 5.12. The molecule has 2 aromatic heterocycles. The molecule has 2 heterocycles. The third-order valence-corrected chi connectivity index (χ3v) is 3.63. The predicted octanol–water partition coefficient (Wildman–Crippen LogP) is 3.87. The van der Waals surface area contributed by atoms with Gasteiger partial charge in [0.05, 0.1) is 16.7 Å². The molecule has 4 heteroatoms. The number of hydrogen-bond acceptors (Lipinski definition) is 3. The lowest BCUT2D eigenvalue weighted by Crippen LogP contribution is -1.88. The molecule has 0 saturated heterocycles. The molecule has 0 saturated carbocycles. The lowest BCUT2D eigenvalue weighted by Gasteiger charge is -2.06. The van der Waals surface area contributed by atoms with E-state index in [0.29, 0.717) is 0 Å². The standard InChI is InChI=1S/C18H14N4/c19-12-8-9-16-17(11-12)22-18(21-16)14-6-2-1-5-13(14)15-7-3-4-10-20-15/h1-11H,19H2,(H,21,22). The molecule has 0 unspecified atom stereocenters. The van der Waals surface area contributed by atoms with Gasteiger partial charge >= 0.3 is 0 Å². The lowest BCUT2D eigenvalue weighted by atomic mass is 10.0. The minimum absolute atomic E-state index is 0.723. The number of hydrogen-bond donors (Lipinski definition) is 2. The van der Waals surface area contributed by atoms with Crippen molar-refractivity contribution < 1.29 is 0 Å². The second kappa shape index (κ2) is 5.00. The maximum absolute atomic E-state index is 5.84. The average molecular weight is 286 g/mol. The molecule has 106 valence electrons. The Hall–Kier alpha value is -3.14. The summed E-state index contributed by atoms with van der Waals surface area (Å²) in [6, 6.07) is 19.7. The van der Waals surface area contributed by atoms with Gasteiger partial charge < -0.3 is 10.7 Å². The van der Waals surface area contributed by atoms with Crippen molar-refractivity contribution in [1.29, 1.82) is 0 Å². The number of nitrogens with two attached hydrogens (primary N) is 1. The number of anilines is 1. The van der Waals surface area contributed by atoms with E-state index >= 15 is 0 Å². The number of nitrogens with one attached hydrogen (secondary N) is 1. The van der Waals surface area contributed by atoms with Crippen LogP contribution in [0.2, 0.25) is 0 Å². The van der Waals surface area contributed by atoms with Gasteiger partial charge in [0, 0.05) is 23.0 Å². The summed E-state index contributed by atoms with van der Waals surface area (Å²) in [7, 11) is 0. The van der Waals surface area contributed by atoms with Gasteiger partial charge in [0.25, 0.3) is 0 Å². The molecule has 0 aliphatic rings. The van der Waals surface area contributed by atoms with Crippen LogP contribution in [0, 0.1) is 0 Å². The highest BCUT2D eigenvalue weighted by Crippen LogP contribution is 2.30. The fraction of sp³-hybridized carbons (Fsp3) is 0. The Bertz CT molecular complexity index is 942. The van der Waals surface area contributed by atoms with Gasteiger partial charge in [-0.25, -0.2) is 4.98 Å². The quantitative estimate of drug-likeness (QED) is 0.550. The lowest BCUT2D eigenvalue weighted by molar-refractivity contribution is 1.30. The molecule has 4 nitrogen and oxygen atoms in total. The molecule has 0 fully saturated rings. The first-order valence-corrected chi connectivity index (χ1v) is 7.07. The van der Waals surface area contributed by atoms with Crippen LogP contribution in [0.4, 0.5) is 5.69 Å². The number of aromatic nitrogens is 3. The Kier molecular flexibility index (Phi) is 2.86. The third kappa shape index (κ3) is 2.11. The van der Waals surface area contributed by atoms with Crippen LogP contribution in [0.15, 0.2) is 66.9 Å². The molecule has 2 aromatic carbocycles. The van der Waals surface area contributed by atoms with Crippen LogP contribution in [0.3, 0.4) is 0 Å². The van der Waals surface area contributed by atoms with E-state index in [2.05, 4.69) is 21.0 Å². The topological polar surface area (TPSA) is 67.6 Å².